The largest absolute Gasteiger partial charge is 0.490 e. The summed E-state index contributed by atoms with van der Waals surface area (Å²) < 4.78 is 50.2. The van der Waals surface area contributed by atoms with E-state index in [1.54, 1.807) is 17.9 Å². The predicted molar refractivity (Wildman–Crippen MR) is 104 cm³/mol. The molecule has 12 heteroatoms. The number of carbonyl (C=O) groups is 2. The number of benzene rings is 1. The van der Waals surface area contributed by atoms with Crippen LogP contribution in [-0.2, 0) is 23.1 Å². The van der Waals surface area contributed by atoms with Gasteiger partial charge in [-0.05, 0) is 12.1 Å². The molecule has 0 aliphatic carbocycles. The zero-order valence-corrected chi connectivity index (χ0v) is 17.4. The summed E-state index contributed by atoms with van der Waals surface area (Å²) in [5.41, 5.74) is 2.62. The molecule has 2 aliphatic rings. The first-order valence-corrected chi connectivity index (χ1v) is 9.61. The predicted octanol–water partition coefficient (Wildman–Crippen LogP) is 2.21. The number of carboxylic acid groups (broad SMARTS) is 1. The lowest BCUT2D eigenvalue weighted by Crippen LogP contribution is -2.39. The molecule has 1 N–H and O–H groups in total. The number of para-hydroxylation sites is 1. The maximum absolute atomic E-state index is 13.2. The highest BCUT2D eigenvalue weighted by atomic mass is 19.4. The molecular formula is C20H22F3N3O6. The van der Waals surface area contributed by atoms with Gasteiger partial charge in [0.15, 0.2) is 11.5 Å². The molecule has 2 aromatic rings. The number of carboxylic acids is 1. The Hall–Kier alpha value is -3.28. The van der Waals surface area contributed by atoms with Gasteiger partial charge in [-0.2, -0.15) is 18.3 Å². The second-order valence-electron chi connectivity index (χ2n) is 7.18. The van der Waals surface area contributed by atoms with Gasteiger partial charge in [-0.3, -0.25) is 9.48 Å². The molecule has 3 heterocycles. The highest BCUT2D eigenvalue weighted by Gasteiger charge is 2.38. The third-order valence-electron chi connectivity index (χ3n) is 4.82. The number of methoxy groups -OCH3 is 1. The van der Waals surface area contributed by atoms with Crippen molar-refractivity contribution < 1.29 is 42.1 Å². The number of aromatic nitrogens is 2. The molecule has 1 aromatic carbocycles. The number of aliphatic carboxylic acids is 1. The number of amides is 1. The van der Waals surface area contributed by atoms with E-state index in [9.17, 15) is 18.0 Å². The van der Waals surface area contributed by atoms with Gasteiger partial charge < -0.3 is 24.2 Å². The van der Waals surface area contributed by atoms with Crippen molar-refractivity contribution in [2.75, 3.05) is 33.5 Å². The quantitative estimate of drug-likeness (QED) is 0.754. The maximum atomic E-state index is 13.2. The highest BCUT2D eigenvalue weighted by molar-refractivity contribution is 5.98. The van der Waals surface area contributed by atoms with Crippen LogP contribution in [0.25, 0.3) is 0 Å². The summed E-state index contributed by atoms with van der Waals surface area (Å²) in [4.78, 5) is 23.9. The van der Waals surface area contributed by atoms with E-state index in [4.69, 9.17) is 24.1 Å². The Morgan fingerprint density at radius 3 is 2.62 bits per heavy atom. The van der Waals surface area contributed by atoms with Gasteiger partial charge in [-0.1, -0.05) is 6.07 Å². The molecule has 0 fully saturated rings. The molecule has 0 saturated heterocycles. The van der Waals surface area contributed by atoms with E-state index in [1.807, 2.05) is 30.3 Å². The summed E-state index contributed by atoms with van der Waals surface area (Å²) in [5.74, 6) is -1.58. The van der Waals surface area contributed by atoms with Gasteiger partial charge in [-0.15, -0.1) is 0 Å². The normalized spacial score (nSPS) is 17.2. The summed E-state index contributed by atoms with van der Waals surface area (Å²) in [7, 11) is 3.56. The summed E-state index contributed by atoms with van der Waals surface area (Å²) in [6.07, 6.45) is -3.11. The molecule has 9 nitrogen and oxygen atoms in total. The molecule has 32 heavy (non-hydrogen) atoms. The fourth-order valence-corrected chi connectivity index (χ4v) is 3.54. The topological polar surface area (TPSA) is 103 Å². The molecular weight excluding hydrogens is 435 g/mol. The van der Waals surface area contributed by atoms with Crippen molar-refractivity contribution in [3.05, 3.63) is 41.2 Å². The van der Waals surface area contributed by atoms with Gasteiger partial charge in [0.05, 0.1) is 17.9 Å². The van der Waals surface area contributed by atoms with Crippen LogP contribution in [0.3, 0.4) is 0 Å². The summed E-state index contributed by atoms with van der Waals surface area (Å²) in [6, 6.07) is 5.45. The first-order valence-electron chi connectivity index (χ1n) is 9.61. The van der Waals surface area contributed by atoms with Crippen LogP contribution in [-0.4, -0.2) is 71.3 Å². The molecule has 174 valence electrons. The zero-order valence-electron chi connectivity index (χ0n) is 17.4. The molecule has 0 spiro atoms. The van der Waals surface area contributed by atoms with E-state index in [1.165, 1.54) is 0 Å². The van der Waals surface area contributed by atoms with Crippen molar-refractivity contribution in [3.63, 3.8) is 0 Å². The van der Waals surface area contributed by atoms with Crippen LogP contribution in [0.1, 0.15) is 27.5 Å². The molecule has 1 amide bonds. The second-order valence-corrected chi connectivity index (χ2v) is 7.18. The van der Waals surface area contributed by atoms with Crippen molar-refractivity contribution in [1.82, 2.24) is 14.7 Å². The third-order valence-corrected chi connectivity index (χ3v) is 4.82. The van der Waals surface area contributed by atoms with Crippen LogP contribution in [0.15, 0.2) is 24.4 Å². The minimum atomic E-state index is -5.08. The van der Waals surface area contributed by atoms with Gasteiger partial charge in [0, 0.05) is 44.9 Å². The molecule has 0 bridgehead atoms. The average Bonchev–Trinajstić information content (AvgIpc) is 3.13. The first-order chi connectivity index (χ1) is 15.1. The number of hydrogen-bond acceptors (Lipinski definition) is 6. The first kappa shape index (κ1) is 23.4. The van der Waals surface area contributed by atoms with Crippen molar-refractivity contribution >= 4 is 11.9 Å². The minimum absolute atomic E-state index is 0.0574. The number of hydrogen-bond donors (Lipinski definition) is 1. The van der Waals surface area contributed by atoms with Crippen molar-refractivity contribution in [2.45, 2.75) is 18.6 Å². The number of aryl methyl sites for hydroxylation is 1. The highest BCUT2D eigenvalue weighted by Crippen LogP contribution is 2.36. The molecule has 1 aromatic heterocycles. The van der Waals surface area contributed by atoms with E-state index < -0.39 is 12.1 Å². The van der Waals surface area contributed by atoms with Gasteiger partial charge >= 0.3 is 12.1 Å². The Morgan fingerprint density at radius 2 is 1.97 bits per heavy atom. The maximum Gasteiger partial charge on any atom is 0.490 e. The average molecular weight is 457 g/mol. The lowest BCUT2D eigenvalue weighted by atomic mass is 9.96. The fourth-order valence-electron chi connectivity index (χ4n) is 3.54. The standard InChI is InChI=1S/C18H21N3O4.C2HF3O2/c1-20-8-12-9-21(10-13(11-23-2)16(12)19-20)18(22)14-4-3-5-15-17(14)25-7-6-24-15;3-2(4,5)1(6)7/h3-5,8,13H,6-7,9-11H2,1-2H3;(H,6,7). The number of halogens is 3. The Morgan fingerprint density at radius 1 is 1.28 bits per heavy atom. The number of fused-ring (bicyclic) bond motifs is 2. The smallest absolute Gasteiger partial charge is 0.486 e. The minimum Gasteiger partial charge on any atom is -0.486 e. The number of carbonyl (C=O) groups excluding carboxylic acids is 1. The van der Waals surface area contributed by atoms with E-state index in [0.29, 0.717) is 50.0 Å². The molecule has 2 aliphatic heterocycles. The Labute approximate surface area is 181 Å². The van der Waals surface area contributed by atoms with Crippen molar-refractivity contribution in [1.29, 1.82) is 0 Å². The Balaban J connectivity index is 0.000000360. The molecule has 4 rings (SSSR count). The van der Waals surface area contributed by atoms with E-state index >= 15 is 0 Å². The Bertz CT molecular complexity index is 991. The zero-order chi connectivity index (χ0) is 23.5. The SMILES string of the molecule is COCC1CN(C(=O)c2cccc3c2OCCO3)Cc2cn(C)nc21.O=C(O)C(F)(F)F. The summed E-state index contributed by atoms with van der Waals surface area (Å²) >= 11 is 0. The van der Waals surface area contributed by atoms with Crippen LogP contribution < -0.4 is 9.47 Å². The second kappa shape index (κ2) is 9.47. The van der Waals surface area contributed by atoms with Gasteiger partial charge in [0.1, 0.15) is 13.2 Å². The lowest BCUT2D eigenvalue weighted by Gasteiger charge is -2.32. The van der Waals surface area contributed by atoms with E-state index in [-0.39, 0.29) is 11.8 Å². The molecule has 1 atom stereocenters. The lowest BCUT2D eigenvalue weighted by molar-refractivity contribution is -0.192. The summed E-state index contributed by atoms with van der Waals surface area (Å²) in [5, 5.41) is 11.7. The van der Waals surface area contributed by atoms with Crippen molar-refractivity contribution in [3.8, 4) is 11.5 Å². The van der Waals surface area contributed by atoms with Crippen LogP contribution in [0.4, 0.5) is 13.2 Å². The Kier molecular flexibility index (Phi) is 6.92. The van der Waals surface area contributed by atoms with Gasteiger partial charge in [0.2, 0.25) is 0 Å². The van der Waals surface area contributed by atoms with Crippen LogP contribution in [0.2, 0.25) is 0 Å². The number of nitrogens with zero attached hydrogens (tertiary/aromatic N) is 3. The fraction of sp³-hybridized carbons (Fsp3) is 0.450. The number of ether oxygens (including phenoxy) is 3. The monoisotopic (exact) mass is 457 g/mol. The summed E-state index contributed by atoms with van der Waals surface area (Å²) in [6.45, 7) is 2.59. The number of rotatable bonds is 3. The van der Waals surface area contributed by atoms with Crippen molar-refractivity contribution in [2.24, 2.45) is 7.05 Å². The third kappa shape index (κ3) is 5.13. The molecule has 0 radical (unpaired) electrons. The van der Waals surface area contributed by atoms with Gasteiger partial charge in [-0.25, -0.2) is 4.79 Å². The number of alkyl halides is 3. The molecule has 0 saturated carbocycles. The van der Waals surface area contributed by atoms with Crippen LogP contribution >= 0.6 is 0 Å². The van der Waals surface area contributed by atoms with Crippen LogP contribution in [0, 0.1) is 0 Å². The van der Waals surface area contributed by atoms with Crippen LogP contribution in [0.5, 0.6) is 11.5 Å². The van der Waals surface area contributed by atoms with E-state index in [2.05, 4.69) is 5.10 Å². The van der Waals surface area contributed by atoms with Gasteiger partial charge in [0.25, 0.3) is 5.91 Å². The molecule has 1 unspecified atom stereocenters. The van der Waals surface area contributed by atoms with E-state index in [0.717, 1.165) is 11.3 Å².